The number of aromatic nitrogens is 1. The van der Waals surface area contributed by atoms with Crippen molar-refractivity contribution in [1.82, 2.24) is 10.3 Å². The zero-order valence-electron chi connectivity index (χ0n) is 23.1. The van der Waals surface area contributed by atoms with Gasteiger partial charge in [-0.3, -0.25) is 4.79 Å². The van der Waals surface area contributed by atoms with Crippen LogP contribution in [-0.4, -0.2) is 34.9 Å². The van der Waals surface area contributed by atoms with Crippen LogP contribution in [0.2, 0.25) is 0 Å². The van der Waals surface area contributed by atoms with Gasteiger partial charge in [0.05, 0.1) is 12.0 Å². The second-order valence-electron chi connectivity index (χ2n) is 9.24. The molecule has 0 spiro atoms. The minimum Gasteiger partial charge on any atom is -0.548 e. The number of hydrogen-bond acceptors (Lipinski definition) is 6. The van der Waals surface area contributed by atoms with E-state index in [0.717, 1.165) is 46.4 Å². The number of carboxylic acid groups (broad SMARTS) is 1. The molecule has 200 valence electrons. The van der Waals surface area contributed by atoms with Gasteiger partial charge < -0.3 is 20.0 Å². The number of carboxylic acids is 1. The summed E-state index contributed by atoms with van der Waals surface area (Å²) in [4.78, 5) is 29.3. The maximum atomic E-state index is 13.3. The van der Waals surface area contributed by atoms with Crippen molar-refractivity contribution < 1.29 is 38.3 Å². The molecule has 40 heavy (non-hydrogen) atoms. The van der Waals surface area contributed by atoms with Gasteiger partial charge in [0.2, 0.25) is 5.88 Å². The minimum atomic E-state index is -1.28. The zero-order valence-corrected chi connectivity index (χ0v) is 23.9. The van der Waals surface area contributed by atoms with Gasteiger partial charge in [0.15, 0.2) is 0 Å². The van der Waals surface area contributed by atoms with E-state index < -0.39 is 17.9 Å². The third-order valence-corrected chi connectivity index (χ3v) is 7.07. The van der Waals surface area contributed by atoms with Crippen LogP contribution in [0, 0.1) is 6.92 Å². The SMILES string of the molecule is CSCCC(NC(=O)c1ccc(CCc2ccc(Oc3ccccc3)nc2)cc1-c1ccccc1C)C(=O)[O-].[Li+]. The van der Waals surface area contributed by atoms with E-state index >= 15 is 0 Å². The number of nitrogens with one attached hydrogen (secondary N) is 1. The topological polar surface area (TPSA) is 91.3 Å². The number of benzene rings is 3. The quantitative estimate of drug-likeness (QED) is 0.274. The van der Waals surface area contributed by atoms with Crippen LogP contribution in [0.4, 0.5) is 0 Å². The number of carbonyl (C=O) groups excluding carboxylic acids is 2. The van der Waals surface area contributed by atoms with E-state index in [1.807, 2.05) is 98.2 Å². The zero-order chi connectivity index (χ0) is 27.6. The predicted octanol–water partition coefficient (Wildman–Crippen LogP) is 2.24. The number of rotatable bonds is 12. The summed E-state index contributed by atoms with van der Waals surface area (Å²) in [5.41, 5.74) is 5.30. The molecule has 0 fully saturated rings. The summed E-state index contributed by atoms with van der Waals surface area (Å²) in [6, 6.07) is 25.9. The first kappa shape index (κ1) is 31.0. The average molecular weight is 547 g/mol. The van der Waals surface area contributed by atoms with E-state index in [-0.39, 0.29) is 18.9 Å². The maximum absolute atomic E-state index is 13.3. The first-order chi connectivity index (χ1) is 18.9. The van der Waals surface area contributed by atoms with Crippen molar-refractivity contribution in [1.29, 1.82) is 0 Å². The van der Waals surface area contributed by atoms with Crippen molar-refractivity contribution in [2.75, 3.05) is 12.0 Å². The molecule has 0 saturated carbocycles. The second-order valence-corrected chi connectivity index (χ2v) is 10.2. The van der Waals surface area contributed by atoms with Crippen LogP contribution in [0.3, 0.4) is 0 Å². The van der Waals surface area contributed by atoms with Gasteiger partial charge in [-0.15, -0.1) is 0 Å². The van der Waals surface area contributed by atoms with Crippen LogP contribution >= 0.6 is 11.8 Å². The minimum absolute atomic E-state index is 0. The van der Waals surface area contributed by atoms with Gasteiger partial charge in [-0.2, -0.15) is 11.8 Å². The van der Waals surface area contributed by atoms with E-state index in [1.165, 1.54) is 11.8 Å². The van der Waals surface area contributed by atoms with Crippen molar-refractivity contribution in [3.05, 3.63) is 113 Å². The number of nitrogens with zero attached hydrogens (tertiary/aromatic N) is 1. The van der Waals surface area contributed by atoms with Crippen LogP contribution in [0.5, 0.6) is 11.6 Å². The second kappa shape index (κ2) is 15.3. The molecule has 0 radical (unpaired) electrons. The Kier molecular flexibility index (Phi) is 11.9. The van der Waals surface area contributed by atoms with Crippen molar-refractivity contribution in [3.8, 4) is 22.8 Å². The normalized spacial score (nSPS) is 11.2. The third kappa shape index (κ3) is 8.50. The molecule has 8 heteroatoms. The van der Waals surface area contributed by atoms with Gasteiger partial charge in [-0.05, 0) is 84.2 Å². The standard InChI is InChI=1S/C32H32N2O4S.Li/c1-22-8-6-7-11-26(22)28-20-23(14-16-27(28)31(35)34-29(32(36)37)18-19-39-2)12-13-24-15-17-30(33-21-24)38-25-9-4-3-5-10-25;/h3-11,14-17,20-21,29H,12-13,18-19H2,1-2H3,(H,34,35)(H,36,37);/q;+1/p-1. The summed E-state index contributed by atoms with van der Waals surface area (Å²) < 4.78 is 5.78. The molecule has 1 aromatic heterocycles. The fourth-order valence-electron chi connectivity index (χ4n) is 4.28. The van der Waals surface area contributed by atoms with Crippen molar-refractivity contribution >= 4 is 23.6 Å². The number of hydrogen-bond donors (Lipinski definition) is 1. The molecule has 0 aliphatic heterocycles. The monoisotopic (exact) mass is 546 g/mol. The first-order valence-electron chi connectivity index (χ1n) is 12.8. The first-order valence-corrected chi connectivity index (χ1v) is 14.2. The number of aryl methyl sites for hydroxylation is 3. The molecular formula is C32H31LiN2O4S. The Morgan fingerprint density at radius 2 is 1.62 bits per heavy atom. The van der Waals surface area contributed by atoms with Gasteiger partial charge in [0.1, 0.15) is 5.75 Å². The van der Waals surface area contributed by atoms with Crippen molar-refractivity contribution in [2.24, 2.45) is 0 Å². The van der Waals surface area contributed by atoms with E-state index in [4.69, 9.17) is 4.74 Å². The molecule has 3 aromatic carbocycles. The van der Waals surface area contributed by atoms with E-state index in [9.17, 15) is 14.7 Å². The third-order valence-electron chi connectivity index (χ3n) is 6.43. The number of carbonyl (C=O) groups is 2. The number of amides is 1. The fourth-order valence-corrected chi connectivity index (χ4v) is 4.75. The molecule has 1 amide bonds. The molecule has 4 rings (SSSR count). The summed E-state index contributed by atoms with van der Waals surface area (Å²) in [6.07, 6.45) is 5.52. The maximum Gasteiger partial charge on any atom is 1.00 e. The molecule has 1 atom stereocenters. The van der Waals surface area contributed by atoms with E-state index in [0.29, 0.717) is 23.6 Å². The molecule has 0 aliphatic carbocycles. The molecule has 4 aromatic rings. The summed E-state index contributed by atoms with van der Waals surface area (Å²) >= 11 is 1.52. The Morgan fingerprint density at radius 1 is 0.925 bits per heavy atom. The van der Waals surface area contributed by atoms with Gasteiger partial charge in [0.25, 0.3) is 5.91 Å². The Labute approximate surface area is 251 Å². The Balaban J connectivity index is 0.00000441. The molecule has 6 nitrogen and oxygen atoms in total. The number of ether oxygens (including phenoxy) is 1. The van der Waals surface area contributed by atoms with Gasteiger partial charge in [-0.1, -0.05) is 60.7 Å². The van der Waals surface area contributed by atoms with Crippen LogP contribution in [-0.2, 0) is 17.6 Å². The van der Waals surface area contributed by atoms with Crippen LogP contribution in [0.15, 0.2) is 91.1 Å². The molecule has 1 unspecified atom stereocenters. The van der Waals surface area contributed by atoms with Crippen molar-refractivity contribution in [3.63, 3.8) is 0 Å². The Morgan fingerprint density at radius 3 is 2.30 bits per heavy atom. The average Bonchev–Trinajstić information content (AvgIpc) is 2.95. The molecule has 1 heterocycles. The molecular weight excluding hydrogens is 515 g/mol. The van der Waals surface area contributed by atoms with Crippen LogP contribution < -0.4 is 34.0 Å². The fraction of sp³-hybridized carbons (Fsp3) is 0.219. The van der Waals surface area contributed by atoms with Crippen LogP contribution in [0.1, 0.15) is 33.5 Å². The molecule has 0 bridgehead atoms. The van der Waals surface area contributed by atoms with Gasteiger partial charge in [0, 0.05) is 17.8 Å². The largest absolute Gasteiger partial charge is 1.00 e. The van der Waals surface area contributed by atoms with Crippen molar-refractivity contribution in [2.45, 2.75) is 32.2 Å². The summed E-state index contributed by atoms with van der Waals surface area (Å²) in [6.45, 7) is 2.00. The Hall–Kier alpha value is -3.50. The van der Waals surface area contributed by atoms with E-state index in [2.05, 4.69) is 10.3 Å². The van der Waals surface area contributed by atoms with Gasteiger partial charge >= 0.3 is 18.9 Å². The van der Waals surface area contributed by atoms with Gasteiger partial charge in [-0.25, -0.2) is 4.98 Å². The number of pyridine rings is 1. The molecule has 1 N–H and O–H groups in total. The number of aliphatic carboxylic acids is 1. The summed E-state index contributed by atoms with van der Waals surface area (Å²) in [7, 11) is 0. The summed E-state index contributed by atoms with van der Waals surface area (Å²) in [5.74, 6) is 0.181. The predicted molar refractivity (Wildman–Crippen MR) is 154 cm³/mol. The smallest absolute Gasteiger partial charge is 0.548 e. The van der Waals surface area contributed by atoms with Crippen LogP contribution in [0.25, 0.3) is 11.1 Å². The number of para-hydroxylation sites is 1. The number of thioether (sulfide) groups is 1. The summed E-state index contributed by atoms with van der Waals surface area (Å²) in [5, 5.41) is 14.3. The molecule has 0 aliphatic rings. The Bertz CT molecular complexity index is 1410. The van der Waals surface area contributed by atoms with E-state index in [1.54, 1.807) is 6.07 Å². The molecule has 0 saturated heterocycles.